The molecule has 10 atom stereocenters. The van der Waals surface area contributed by atoms with Crippen LogP contribution < -0.4 is 53.6 Å². The standard InChI is InChI=1S/C45H70N10O16/c1-10-22(6)36(55-44(69)37(24(8)56)53-33(60)19-47-38(63)23(7)48-39(64)28(49-25(9)57)16-26-11-13-27(58)14-12-26)43(68)54-35(21(4)5)42(67)51-29(17-32(46)59)40(65)50-30(18-34(61)62)41(66)52-31(45(70)71)15-20(2)3/h11-14,20-24,28-31,35-37,56,58H,10,15-19H2,1-9H3,(H2,46,59)(H,47,63)(H,48,64)(H,49,57)(H,50,65)(H,51,67)(H,52,66)(H,53,60)(H,54,68)(H,55,69)(H,61,62)(H,70,71)/t22-,23-,24+,28-,29-,30-,31-,35-,36-,37-/m0/s1. The molecular formula is C45H70N10O16. The van der Waals surface area contributed by atoms with Gasteiger partial charge in [0.2, 0.25) is 59.1 Å². The summed E-state index contributed by atoms with van der Waals surface area (Å²) in [4.78, 5) is 154. The Morgan fingerprint density at radius 1 is 0.577 bits per heavy atom. The van der Waals surface area contributed by atoms with Crippen molar-refractivity contribution in [1.82, 2.24) is 47.9 Å². The zero-order valence-electron chi connectivity index (χ0n) is 41.2. The quantitative estimate of drug-likeness (QED) is 0.0356. The van der Waals surface area contributed by atoms with Gasteiger partial charge in [-0.15, -0.1) is 0 Å². The van der Waals surface area contributed by atoms with Gasteiger partial charge in [0.25, 0.3) is 0 Å². The smallest absolute Gasteiger partial charge is 0.326 e. The van der Waals surface area contributed by atoms with Gasteiger partial charge in [-0.25, -0.2) is 4.79 Å². The van der Waals surface area contributed by atoms with E-state index in [1.54, 1.807) is 39.8 Å². The van der Waals surface area contributed by atoms with Gasteiger partial charge in [-0.05, 0) is 55.7 Å². The minimum absolute atomic E-state index is 0.0115. The third-order valence-electron chi connectivity index (χ3n) is 10.7. The van der Waals surface area contributed by atoms with Crippen molar-refractivity contribution in [3.8, 4) is 5.75 Å². The maximum atomic E-state index is 13.9. The third kappa shape index (κ3) is 22.3. The lowest BCUT2D eigenvalue weighted by atomic mass is 9.95. The largest absolute Gasteiger partial charge is 0.508 e. The Labute approximate surface area is 410 Å². The number of phenols is 1. The van der Waals surface area contributed by atoms with Gasteiger partial charge < -0.3 is 74.0 Å². The first-order valence-electron chi connectivity index (χ1n) is 22.8. The number of aliphatic hydroxyl groups excluding tert-OH is 1. The summed E-state index contributed by atoms with van der Waals surface area (Å²) in [5.41, 5.74) is 5.93. The summed E-state index contributed by atoms with van der Waals surface area (Å²) >= 11 is 0. The highest BCUT2D eigenvalue weighted by atomic mass is 16.4. The molecule has 10 amide bonds. The van der Waals surface area contributed by atoms with Crippen molar-refractivity contribution in [2.24, 2.45) is 23.5 Å². The summed E-state index contributed by atoms with van der Waals surface area (Å²) in [6.07, 6.45) is -3.23. The molecule has 0 saturated carbocycles. The van der Waals surface area contributed by atoms with Crippen LogP contribution in [-0.4, -0.2) is 152 Å². The second kappa shape index (κ2) is 29.6. The fourth-order valence-corrected chi connectivity index (χ4v) is 6.67. The van der Waals surface area contributed by atoms with Crippen molar-refractivity contribution in [1.29, 1.82) is 0 Å². The molecule has 0 aromatic heterocycles. The van der Waals surface area contributed by atoms with Crippen LogP contribution in [0.5, 0.6) is 5.75 Å². The summed E-state index contributed by atoms with van der Waals surface area (Å²) in [5.74, 6) is -14.3. The number of hydrogen-bond donors (Lipinski definition) is 14. The highest BCUT2D eigenvalue weighted by Crippen LogP contribution is 2.14. The van der Waals surface area contributed by atoms with Crippen molar-refractivity contribution in [3.05, 3.63) is 29.8 Å². The third-order valence-corrected chi connectivity index (χ3v) is 10.7. The molecule has 0 aliphatic rings. The fourth-order valence-electron chi connectivity index (χ4n) is 6.67. The van der Waals surface area contributed by atoms with Crippen LogP contribution in [-0.2, 0) is 64.0 Å². The normalized spacial score (nSPS) is 15.3. The van der Waals surface area contributed by atoms with Crippen LogP contribution in [0, 0.1) is 17.8 Å². The van der Waals surface area contributed by atoms with E-state index in [2.05, 4.69) is 47.9 Å². The number of hydrogen-bond acceptors (Lipinski definition) is 14. The van der Waals surface area contributed by atoms with E-state index < -0.39 is 157 Å². The lowest BCUT2D eigenvalue weighted by Crippen LogP contribution is -2.62. The minimum atomic E-state index is -1.88. The number of phenolic OH excluding ortho intramolecular Hbond substituents is 1. The number of rotatable bonds is 30. The molecule has 26 nitrogen and oxygen atoms in total. The van der Waals surface area contributed by atoms with E-state index in [1.807, 2.05) is 0 Å². The van der Waals surface area contributed by atoms with Crippen LogP contribution in [0.4, 0.5) is 0 Å². The highest BCUT2D eigenvalue weighted by Gasteiger charge is 2.37. The number of aliphatic carboxylic acids is 2. The van der Waals surface area contributed by atoms with Gasteiger partial charge in [0.05, 0.1) is 25.5 Å². The molecule has 0 aliphatic carbocycles. The number of carbonyl (C=O) groups is 12. The lowest BCUT2D eigenvalue weighted by Gasteiger charge is -2.30. The number of amides is 10. The number of carboxylic acids is 2. The molecule has 0 radical (unpaired) electrons. The first kappa shape index (κ1) is 61.6. The van der Waals surface area contributed by atoms with Gasteiger partial charge in [-0.2, -0.15) is 0 Å². The van der Waals surface area contributed by atoms with Gasteiger partial charge in [0.1, 0.15) is 54.1 Å². The number of carboxylic acid groups (broad SMARTS) is 2. The minimum Gasteiger partial charge on any atom is -0.508 e. The van der Waals surface area contributed by atoms with E-state index >= 15 is 0 Å². The average Bonchev–Trinajstić information content (AvgIpc) is 3.26. The zero-order chi connectivity index (χ0) is 54.4. The highest BCUT2D eigenvalue weighted by molar-refractivity contribution is 5.99. The molecule has 1 aromatic rings. The number of aromatic hydroxyl groups is 1. The monoisotopic (exact) mass is 1010 g/mol. The summed E-state index contributed by atoms with van der Waals surface area (Å²) in [6, 6.07) is -6.25. The average molecular weight is 1010 g/mol. The molecule has 15 N–H and O–H groups in total. The number of carbonyl (C=O) groups excluding carboxylic acids is 10. The van der Waals surface area contributed by atoms with Crippen LogP contribution in [0.25, 0.3) is 0 Å². The molecule has 0 bridgehead atoms. The predicted octanol–water partition coefficient (Wildman–Crippen LogP) is -3.47. The molecule has 0 spiro atoms. The first-order valence-corrected chi connectivity index (χ1v) is 22.8. The van der Waals surface area contributed by atoms with Crippen molar-refractivity contribution in [2.45, 2.75) is 149 Å². The summed E-state index contributed by atoms with van der Waals surface area (Å²) in [5, 5.41) is 60.1. The molecule has 71 heavy (non-hydrogen) atoms. The summed E-state index contributed by atoms with van der Waals surface area (Å²) < 4.78 is 0. The van der Waals surface area contributed by atoms with Crippen LogP contribution in [0.2, 0.25) is 0 Å². The first-order chi connectivity index (χ1) is 33.0. The van der Waals surface area contributed by atoms with Gasteiger partial charge in [0, 0.05) is 13.3 Å². The van der Waals surface area contributed by atoms with Crippen molar-refractivity contribution in [2.75, 3.05) is 6.54 Å². The van der Waals surface area contributed by atoms with E-state index in [4.69, 9.17) is 5.73 Å². The number of primary amides is 1. The molecule has 0 fully saturated rings. The van der Waals surface area contributed by atoms with Crippen molar-refractivity contribution >= 4 is 71.0 Å². The number of benzene rings is 1. The predicted molar refractivity (Wildman–Crippen MR) is 251 cm³/mol. The number of nitrogens with one attached hydrogen (secondary N) is 9. The molecule has 26 heteroatoms. The molecule has 396 valence electrons. The van der Waals surface area contributed by atoms with E-state index in [-0.39, 0.29) is 30.9 Å². The van der Waals surface area contributed by atoms with E-state index in [9.17, 15) is 78.0 Å². The molecule has 0 saturated heterocycles. The Hall–Kier alpha value is -7.38. The van der Waals surface area contributed by atoms with Crippen LogP contribution in [0.1, 0.15) is 93.6 Å². The maximum Gasteiger partial charge on any atom is 0.326 e. The van der Waals surface area contributed by atoms with Gasteiger partial charge in [-0.3, -0.25) is 52.7 Å². The fraction of sp³-hybridized carbons (Fsp3) is 0.600. The summed E-state index contributed by atoms with van der Waals surface area (Å²) in [7, 11) is 0. The Bertz CT molecular complexity index is 2080. The number of nitrogens with two attached hydrogens (primary N) is 1. The SMILES string of the molecule is CC[C@H](C)[C@H](NC(=O)[C@@H](NC(=O)CNC(=O)[C@H](C)NC(=O)[C@H](Cc1ccc(O)cc1)NC(C)=O)[C@@H](C)O)C(=O)N[C@H](C(=O)N[C@@H](CC(N)=O)C(=O)N[C@@H](CC(=O)O)C(=O)N[C@@H](CC(C)C)C(=O)O)C(C)C. The van der Waals surface area contributed by atoms with Gasteiger partial charge >= 0.3 is 11.9 Å². The van der Waals surface area contributed by atoms with Crippen LogP contribution in [0.3, 0.4) is 0 Å². The maximum absolute atomic E-state index is 13.9. The van der Waals surface area contributed by atoms with Crippen LogP contribution >= 0.6 is 0 Å². The summed E-state index contributed by atoms with van der Waals surface area (Å²) in [6.45, 7) is 12.5. The van der Waals surface area contributed by atoms with Gasteiger partial charge in [-0.1, -0.05) is 60.1 Å². The Balaban J connectivity index is 3.15. The molecule has 0 unspecified atom stereocenters. The molecule has 1 rings (SSSR count). The Kier molecular flexibility index (Phi) is 25.7. The molecular weight excluding hydrogens is 937 g/mol. The van der Waals surface area contributed by atoms with E-state index in [1.165, 1.54) is 39.8 Å². The second-order valence-corrected chi connectivity index (χ2v) is 17.9. The van der Waals surface area contributed by atoms with Crippen molar-refractivity contribution < 1.29 is 78.0 Å². The van der Waals surface area contributed by atoms with E-state index in [0.29, 0.717) is 5.56 Å². The topological polar surface area (TPSA) is 420 Å². The molecule has 0 heterocycles. The Morgan fingerprint density at radius 2 is 1.07 bits per heavy atom. The Morgan fingerprint density at radius 3 is 1.55 bits per heavy atom. The number of aliphatic hydroxyl groups is 1. The lowest BCUT2D eigenvalue weighted by molar-refractivity contribution is -0.144. The van der Waals surface area contributed by atoms with Crippen molar-refractivity contribution in [3.63, 3.8) is 0 Å². The van der Waals surface area contributed by atoms with E-state index in [0.717, 1.165) is 6.92 Å². The van der Waals surface area contributed by atoms with Crippen LogP contribution in [0.15, 0.2) is 24.3 Å². The molecule has 0 aliphatic heterocycles. The second-order valence-electron chi connectivity index (χ2n) is 17.9. The van der Waals surface area contributed by atoms with Gasteiger partial charge in [0.15, 0.2) is 0 Å². The zero-order valence-corrected chi connectivity index (χ0v) is 41.2. The molecule has 1 aromatic carbocycles.